The van der Waals surface area contributed by atoms with Crippen LogP contribution in [0.5, 0.6) is 11.5 Å². The van der Waals surface area contributed by atoms with Crippen molar-refractivity contribution < 1.29 is 14.3 Å². The van der Waals surface area contributed by atoms with Crippen molar-refractivity contribution >= 4 is 12.0 Å². The minimum Gasteiger partial charge on any atom is -0.497 e. The van der Waals surface area contributed by atoms with Crippen molar-refractivity contribution in [1.82, 2.24) is 5.32 Å². The van der Waals surface area contributed by atoms with Gasteiger partial charge in [0.1, 0.15) is 11.5 Å². The Morgan fingerprint density at radius 3 is 2.55 bits per heavy atom. The van der Waals surface area contributed by atoms with Crippen LogP contribution in [0.3, 0.4) is 0 Å². The average Bonchev–Trinajstić information content (AvgIpc) is 3.25. The highest BCUT2D eigenvalue weighted by atomic mass is 16.5. The molecule has 1 N–H and O–H groups in total. The number of carbonyl (C=O) groups is 1. The van der Waals surface area contributed by atoms with E-state index in [4.69, 9.17) is 9.47 Å². The first-order valence-electron chi connectivity index (χ1n) is 9.66. The fraction of sp³-hybridized carbons (Fsp3) is 0.160. The molecule has 1 atom stereocenters. The fourth-order valence-electron chi connectivity index (χ4n) is 3.47. The number of methoxy groups -OCH3 is 1. The molecule has 3 aromatic rings. The zero-order valence-electron chi connectivity index (χ0n) is 16.3. The first kappa shape index (κ1) is 18.8. The molecule has 4 rings (SSSR count). The van der Waals surface area contributed by atoms with E-state index in [0.717, 1.165) is 41.2 Å². The first-order valence-corrected chi connectivity index (χ1v) is 9.66. The van der Waals surface area contributed by atoms with Gasteiger partial charge in [-0.3, -0.25) is 4.79 Å². The van der Waals surface area contributed by atoms with Gasteiger partial charge in [-0.2, -0.15) is 0 Å². The van der Waals surface area contributed by atoms with Crippen molar-refractivity contribution in [2.24, 2.45) is 0 Å². The highest BCUT2D eigenvalue weighted by Crippen LogP contribution is 2.27. The van der Waals surface area contributed by atoms with Gasteiger partial charge in [-0.25, -0.2) is 0 Å². The van der Waals surface area contributed by atoms with Crippen LogP contribution in [0.4, 0.5) is 0 Å². The largest absolute Gasteiger partial charge is 0.497 e. The number of amides is 1. The maximum absolute atomic E-state index is 12.7. The van der Waals surface area contributed by atoms with E-state index in [0.29, 0.717) is 0 Å². The molecule has 4 heteroatoms. The molecule has 146 valence electrons. The molecule has 0 fully saturated rings. The minimum absolute atomic E-state index is 0.147. The standard InChI is InChI=1S/C25H23NO3/c1-28-22-11-9-20(10-12-22)25(19-5-3-2-4-6-19)26-24(27)14-8-18-7-13-23-21(17-18)15-16-29-23/h2-14,17,25H,15-16H2,1H3,(H,26,27)/b14-8+. The summed E-state index contributed by atoms with van der Waals surface area (Å²) in [5.41, 5.74) is 4.19. The van der Waals surface area contributed by atoms with Gasteiger partial charge in [0.2, 0.25) is 5.91 Å². The van der Waals surface area contributed by atoms with Gasteiger partial charge in [-0.1, -0.05) is 48.5 Å². The second-order valence-corrected chi connectivity index (χ2v) is 6.92. The Morgan fingerprint density at radius 1 is 1.03 bits per heavy atom. The minimum atomic E-state index is -0.243. The number of hydrogen-bond donors (Lipinski definition) is 1. The second kappa shape index (κ2) is 8.65. The molecule has 1 aliphatic rings. The lowest BCUT2D eigenvalue weighted by atomic mass is 9.98. The summed E-state index contributed by atoms with van der Waals surface area (Å²) in [6, 6.07) is 23.4. The van der Waals surface area contributed by atoms with Gasteiger partial charge in [0.25, 0.3) is 0 Å². The van der Waals surface area contributed by atoms with E-state index in [2.05, 4.69) is 11.4 Å². The molecule has 0 aromatic heterocycles. The molecule has 0 spiro atoms. The summed E-state index contributed by atoms with van der Waals surface area (Å²) in [6.45, 7) is 0.726. The van der Waals surface area contributed by atoms with E-state index in [1.54, 1.807) is 13.2 Å². The van der Waals surface area contributed by atoms with Crippen LogP contribution in [0.15, 0.2) is 78.9 Å². The SMILES string of the molecule is COc1ccc(C(NC(=O)/C=C/c2ccc3c(c2)CCO3)c2ccccc2)cc1. The van der Waals surface area contributed by atoms with E-state index in [1.165, 1.54) is 5.56 Å². The lowest BCUT2D eigenvalue weighted by Crippen LogP contribution is -2.27. The third-order valence-electron chi connectivity index (χ3n) is 5.01. The van der Waals surface area contributed by atoms with Crippen LogP contribution in [-0.2, 0) is 11.2 Å². The van der Waals surface area contributed by atoms with E-state index in [-0.39, 0.29) is 11.9 Å². The van der Waals surface area contributed by atoms with Crippen molar-refractivity contribution in [3.8, 4) is 11.5 Å². The monoisotopic (exact) mass is 385 g/mol. The highest BCUT2D eigenvalue weighted by molar-refractivity contribution is 5.92. The van der Waals surface area contributed by atoms with Crippen LogP contribution in [-0.4, -0.2) is 19.6 Å². The Kier molecular flexibility index (Phi) is 5.61. The summed E-state index contributed by atoms with van der Waals surface area (Å²) in [7, 11) is 1.64. The molecule has 1 heterocycles. The molecule has 3 aromatic carbocycles. The molecule has 29 heavy (non-hydrogen) atoms. The van der Waals surface area contributed by atoms with Crippen molar-refractivity contribution in [3.05, 3.63) is 101 Å². The van der Waals surface area contributed by atoms with Gasteiger partial charge in [0, 0.05) is 12.5 Å². The Morgan fingerprint density at radius 2 is 1.79 bits per heavy atom. The maximum Gasteiger partial charge on any atom is 0.244 e. The molecule has 0 saturated heterocycles. The third-order valence-corrected chi connectivity index (χ3v) is 5.01. The quantitative estimate of drug-likeness (QED) is 0.634. The lowest BCUT2D eigenvalue weighted by Gasteiger charge is -2.19. The highest BCUT2D eigenvalue weighted by Gasteiger charge is 2.16. The van der Waals surface area contributed by atoms with E-state index < -0.39 is 0 Å². The summed E-state index contributed by atoms with van der Waals surface area (Å²) in [5.74, 6) is 1.58. The molecule has 0 bridgehead atoms. The van der Waals surface area contributed by atoms with Gasteiger partial charge in [-0.15, -0.1) is 0 Å². The molecule has 1 unspecified atom stereocenters. The number of benzene rings is 3. The third kappa shape index (κ3) is 4.49. The Labute approximate surface area is 170 Å². The van der Waals surface area contributed by atoms with Crippen LogP contribution >= 0.6 is 0 Å². The van der Waals surface area contributed by atoms with Crippen molar-refractivity contribution in [2.45, 2.75) is 12.5 Å². The molecular formula is C25H23NO3. The van der Waals surface area contributed by atoms with E-state index in [9.17, 15) is 4.79 Å². The molecule has 4 nitrogen and oxygen atoms in total. The van der Waals surface area contributed by atoms with Gasteiger partial charge >= 0.3 is 0 Å². The predicted molar refractivity (Wildman–Crippen MR) is 114 cm³/mol. The van der Waals surface area contributed by atoms with E-state index in [1.807, 2.05) is 72.8 Å². The van der Waals surface area contributed by atoms with Crippen LogP contribution in [0, 0.1) is 0 Å². The summed E-state index contributed by atoms with van der Waals surface area (Å²) in [6.07, 6.45) is 4.33. The fourth-order valence-corrected chi connectivity index (χ4v) is 3.47. The average molecular weight is 385 g/mol. The smallest absolute Gasteiger partial charge is 0.244 e. The molecule has 1 amide bonds. The number of nitrogens with one attached hydrogen (secondary N) is 1. The Bertz CT molecular complexity index is 1010. The summed E-state index contributed by atoms with van der Waals surface area (Å²) in [4.78, 5) is 12.7. The van der Waals surface area contributed by atoms with Gasteiger partial charge in [0.15, 0.2) is 0 Å². The van der Waals surface area contributed by atoms with Crippen LogP contribution in [0.1, 0.15) is 28.3 Å². The molecule has 0 saturated carbocycles. The van der Waals surface area contributed by atoms with E-state index >= 15 is 0 Å². The Balaban J connectivity index is 1.53. The molecule has 0 aliphatic carbocycles. The topological polar surface area (TPSA) is 47.6 Å². The zero-order valence-corrected chi connectivity index (χ0v) is 16.3. The number of fused-ring (bicyclic) bond motifs is 1. The molecule has 0 radical (unpaired) electrons. The van der Waals surface area contributed by atoms with Crippen molar-refractivity contribution in [3.63, 3.8) is 0 Å². The summed E-state index contributed by atoms with van der Waals surface area (Å²) < 4.78 is 10.8. The van der Waals surface area contributed by atoms with Crippen molar-refractivity contribution in [1.29, 1.82) is 0 Å². The number of hydrogen-bond acceptors (Lipinski definition) is 3. The lowest BCUT2D eigenvalue weighted by molar-refractivity contribution is -0.116. The molecular weight excluding hydrogens is 362 g/mol. The number of carbonyl (C=O) groups excluding carboxylic acids is 1. The number of rotatable bonds is 6. The summed E-state index contributed by atoms with van der Waals surface area (Å²) >= 11 is 0. The van der Waals surface area contributed by atoms with Crippen molar-refractivity contribution in [2.75, 3.05) is 13.7 Å². The zero-order chi connectivity index (χ0) is 20.1. The van der Waals surface area contributed by atoms with Gasteiger partial charge < -0.3 is 14.8 Å². The normalized spacial score (nSPS) is 13.6. The predicted octanol–water partition coefficient (Wildman–Crippen LogP) is 4.55. The Hall–Kier alpha value is -3.53. The van der Waals surface area contributed by atoms with Gasteiger partial charge in [0.05, 0.1) is 19.8 Å². The van der Waals surface area contributed by atoms with Crippen LogP contribution < -0.4 is 14.8 Å². The molecule has 1 aliphatic heterocycles. The van der Waals surface area contributed by atoms with Crippen LogP contribution in [0.25, 0.3) is 6.08 Å². The van der Waals surface area contributed by atoms with Gasteiger partial charge in [-0.05, 0) is 52.6 Å². The summed E-state index contributed by atoms with van der Waals surface area (Å²) in [5, 5.41) is 3.12. The first-order chi connectivity index (χ1) is 14.2. The van der Waals surface area contributed by atoms with Crippen LogP contribution in [0.2, 0.25) is 0 Å². The number of ether oxygens (including phenoxy) is 2. The second-order valence-electron chi connectivity index (χ2n) is 6.92. The maximum atomic E-state index is 12.7.